The quantitative estimate of drug-likeness (QED) is 0.714. The van der Waals surface area contributed by atoms with Gasteiger partial charge in [-0.1, -0.05) is 12.1 Å². The normalized spacial score (nSPS) is 13.3. The monoisotopic (exact) mass is 296 g/mol. The number of aliphatic hydroxyl groups excluding tert-OH is 1. The highest BCUT2D eigenvalue weighted by molar-refractivity contribution is 7.89. The molecule has 0 saturated heterocycles. The molecule has 8 heteroatoms. The van der Waals surface area contributed by atoms with Gasteiger partial charge in [-0.15, -0.1) is 0 Å². The summed E-state index contributed by atoms with van der Waals surface area (Å²) in [4.78, 5) is 4.04. The van der Waals surface area contributed by atoms with Gasteiger partial charge in [-0.05, 0) is 24.6 Å². The van der Waals surface area contributed by atoms with Crippen LogP contribution in [-0.4, -0.2) is 35.3 Å². The molecule has 108 valence electrons. The summed E-state index contributed by atoms with van der Waals surface area (Å²) in [5.41, 5.74) is 0.558. The first-order valence-corrected chi connectivity index (χ1v) is 7.59. The fourth-order valence-electron chi connectivity index (χ4n) is 1.68. The van der Waals surface area contributed by atoms with Crippen molar-refractivity contribution in [3.05, 3.63) is 42.0 Å². The summed E-state index contributed by atoms with van der Waals surface area (Å²) >= 11 is 0. The summed E-state index contributed by atoms with van der Waals surface area (Å²) in [5.74, 6) is 0.616. The first-order chi connectivity index (χ1) is 9.49. The van der Waals surface area contributed by atoms with Crippen molar-refractivity contribution in [2.75, 3.05) is 6.54 Å². The lowest BCUT2D eigenvalue weighted by atomic mass is 10.1. The van der Waals surface area contributed by atoms with Gasteiger partial charge in [0, 0.05) is 13.0 Å². The number of nitrogens with one attached hydrogen (secondary N) is 2. The zero-order valence-corrected chi connectivity index (χ0v) is 11.8. The number of nitrogens with zero attached hydrogens (tertiary/aromatic N) is 2. The Morgan fingerprint density at radius 1 is 1.45 bits per heavy atom. The van der Waals surface area contributed by atoms with Gasteiger partial charge < -0.3 is 5.11 Å². The van der Waals surface area contributed by atoms with Crippen molar-refractivity contribution < 1.29 is 13.5 Å². The van der Waals surface area contributed by atoms with Crippen LogP contribution in [0.2, 0.25) is 0 Å². The maximum Gasteiger partial charge on any atom is 0.240 e. The van der Waals surface area contributed by atoms with E-state index in [2.05, 4.69) is 19.9 Å². The Morgan fingerprint density at radius 2 is 2.25 bits per heavy atom. The van der Waals surface area contributed by atoms with Crippen molar-refractivity contribution in [3.8, 4) is 0 Å². The lowest BCUT2D eigenvalue weighted by Gasteiger charge is -2.09. The highest BCUT2D eigenvalue weighted by atomic mass is 32.2. The molecule has 1 aromatic carbocycles. The Labute approximate surface area is 117 Å². The van der Waals surface area contributed by atoms with Crippen LogP contribution in [0, 0.1) is 0 Å². The number of hydrogen-bond donors (Lipinski definition) is 3. The van der Waals surface area contributed by atoms with Crippen molar-refractivity contribution in [3.63, 3.8) is 0 Å². The topological polar surface area (TPSA) is 108 Å². The van der Waals surface area contributed by atoms with Crippen LogP contribution in [0.15, 0.2) is 35.5 Å². The molecule has 0 aliphatic rings. The van der Waals surface area contributed by atoms with Crippen molar-refractivity contribution in [1.82, 2.24) is 19.9 Å². The van der Waals surface area contributed by atoms with Crippen molar-refractivity contribution in [1.29, 1.82) is 0 Å². The Balaban J connectivity index is 2.04. The maximum absolute atomic E-state index is 12.1. The molecule has 0 aliphatic heterocycles. The van der Waals surface area contributed by atoms with Crippen LogP contribution in [-0.2, 0) is 16.4 Å². The third-order valence-corrected chi connectivity index (χ3v) is 4.23. The third kappa shape index (κ3) is 3.62. The van der Waals surface area contributed by atoms with Crippen molar-refractivity contribution >= 4 is 10.0 Å². The van der Waals surface area contributed by atoms with Crippen LogP contribution in [0.5, 0.6) is 0 Å². The molecule has 20 heavy (non-hydrogen) atoms. The molecular formula is C12H16N4O3S. The zero-order chi connectivity index (χ0) is 14.6. The van der Waals surface area contributed by atoms with Crippen LogP contribution >= 0.6 is 0 Å². The number of aliphatic hydroxyl groups is 1. The van der Waals surface area contributed by atoms with E-state index in [-0.39, 0.29) is 11.4 Å². The van der Waals surface area contributed by atoms with Crippen molar-refractivity contribution in [2.45, 2.75) is 24.3 Å². The number of hydrogen-bond acceptors (Lipinski definition) is 5. The third-order valence-electron chi connectivity index (χ3n) is 2.77. The van der Waals surface area contributed by atoms with Gasteiger partial charge in [0.25, 0.3) is 0 Å². The lowest BCUT2D eigenvalue weighted by molar-refractivity contribution is 0.199. The standard InChI is InChI=1S/C12H16N4O3S/c1-9(17)10-3-2-4-11(7-10)20(18,19)15-6-5-12-13-8-14-16-12/h2-4,7-9,15,17H,5-6H2,1H3,(H,13,14,16). The highest BCUT2D eigenvalue weighted by Crippen LogP contribution is 2.16. The predicted molar refractivity (Wildman–Crippen MR) is 72.4 cm³/mol. The molecular weight excluding hydrogens is 280 g/mol. The van der Waals surface area contributed by atoms with Gasteiger partial charge in [-0.25, -0.2) is 18.1 Å². The summed E-state index contributed by atoms with van der Waals surface area (Å²) in [6.07, 6.45) is 1.09. The van der Waals surface area contributed by atoms with Crippen LogP contribution < -0.4 is 4.72 Å². The molecule has 7 nitrogen and oxygen atoms in total. The second-order valence-electron chi connectivity index (χ2n) is 4.33. The van der Waals surface area contributed by atoms with Gasteiger partial charge in [-0.3, -0.25) is 5.10 Å². The van der Waals surface area contributed by atoms with Crippen LogP contribution in [0.3, 0.4) is 0 Å². The van der Waals surface area contributed by atoms with E-state index >= 15 is 0 Å². The number of aromatic nitrogens is 3. The van der Waals surface area contributed by atoms with Gasteiger partial charge >= 0.3 is 0 Å². The molecule has 0 aliphatic carbocycles. The number of aromatic amines is 1. The lowest BCUT2D eigenvalue weighted by Crippen LogP contribution is -2.26. The molecule has 1 atom stereocenters. The van der Waals surface area contributed by atoms with E-state index in [0.717, 1.165) is 0 Å². The minimum Gasteiger partial charge on any atom is -0.389 e. The molecule has 0 saturated carbocycles. The average molecular weight is 296 g/mol. The van der Waals surface area contributed by atoms with Crippen molar-refractivity contribution in [2.24, 2.45) is 0 Å². The van der Waals surface area contributed by atoms with E-state index in [1.165, 1.54) is 18.5 Å². The largest absolute Gasteiger partial charge is 0.389 e. The number of H-pyrrole nitrogens is 1. The summed E-state index contributed by atoms with van der Waals surface area (Å²) in [5, 5.41) is 15.8. The predicted octanol–water partition coefficient (Wildman–Crippen LogP) is 0.379. The molecule has 0 fully saturated rings. The Bertz CT molecular complexity index is 653. The SMILES string of the molecule is CC(O)c1cccc(S(=O)(=O)NCCc2ncn[nH]2)c1. The molecule has 0 bridgehead atoms. The van der Waals surface area contributed by atoms with E-state index in [1.54, 1.807) is 19.1 Å². The molecule has 3 N–H and O–H groups in total. The van der Waals surface area contributed by atoms with Gasteiger partial charge in [0.1, 0.15) is 12.2 Å². The molecule has 2 rings (SSSR count). The second kappa shape index (κ2) is 6.12. The van der Waals surface area contributed by atoms with E-state index in [0.29, 0.717) is 17.8 Å². The van der Waals surface area contributed by atoms with Crippen LogP contribution in [0.4, 0.5) is 0 Å². The number of rotatable bonds is 6. The summed E-state index contributed by atoms with van der Waals surface area (Å²) in [6, 6.07) is 6.23. The van der Waals surface area contributed by atoms with Crippen LogP contribution in [0.25, 0.3) is 0 Å². The summed E-state index contributed by atoms with van der Waals surface area (Å²) in [7, 11) is -3.59. The summed E-state index contributed by atoms with van der Waals surface area (Å²) < 4.78 is 26.7. The Hall–Kier alpha value is -1.77. The molecule has 1 aromatic heterocycles. The van der Waals surface area contributed by atoms with E-state index in [1.807, 2.05) is 0 Å². The van der Waals surface area contributed by atoms with E-state index in [9.17, 15) is 13.5 Å². The molecule has 2 aromatic rings. The molecule has 0 radical (unpaired) electrons. The zero-order valence-electron chi connectivity index (χ0n) is 10.9. The second-order valence-corrected chi connectivity index (χ2v) is 6.10. The number of benzene rings is 1. The van der Waals surface area contributed by atoms with Gasteiger partial charge in [0.15, 0.2) is 0 Å². The van der Waals surface area contributed by atoms with Gasteiger partial charge in [0.2, 0.25) is 10.0 Å². The Morgan fingerprint density at radius 3 is 2.90 bits per heavy atom. The minimum atomic E-state index is -3.59. The Kier molecular flexibility index (Phi) is 4.48. The maximum atomic E-state index is 12.1. The fourth-order valence-corrected chi connectivity index (χ4v) is 2.77. The molecule has 0 spiro atoms. The highest BCUT2D eigenvalue weighted by Gasteiger charge is 2.15. The van der Waals surface area contributed by atoms with Gasteiger partial charge in [-0.2, -0.15) is 5.10 Å². The van der Waals surface area contributed by atoms with Gasteiger partial charge in [0.05, 0.1) is 11.0 Å². The van der Waals surface area contributed by atoms with E-state index < -0.39 is 16.1 Å². The molecule has 1 heterocycles. The first-order valence-electron chi connectivity index (χ1n) is 6.11. The fraction of sp³-hybridized carbons (Fsp3) is 0.333. The average Bonchev–Trinajstić information content (AvgIpc) is 2.92. The molecule has 0 amide bonds. The number of sulfonamides is 1. The first kappa shape index (κ1) is 14.6. The smallest absolute Gasteiger partial charge is 0.240 e. The molecule has 1 unspecified atom stereocenters. The van der Waals surface area contributed by atoms with Crippen LogP contribution in [0.1, 0.15) is 24.4 Å². The summed E-state index contributed by atoms with van der Waals surface area (Å²) in [6.45, 7) is 1.81. The minimum absolute atomic E-state index is 0.133. The van der Waals surface area contributed by atoms with E-state index in [4.69, 9.17) is 0 Å².